The first-order valence-electron chi connectivity index (χ1n) is 4.41. The summed E-state index contributed by atoms with van der Waals surface area (Å²) in [6, 6.07) is -0.237. The summed E-state index contributed by atoms with van der Waals surface area (Å²) in [7, 11) is 0. The maximum Gasteiger partial charge on any atom is 0.327 e. The van der Waals surface area contributed by atoms with E-state index in [0.717, 1.165) is 5.01 Å². The second-order valence-electron chi connectivity index (χ2n) is 3.25. The first-order chi connectivity index (χ1) is 6.41. The Labute approximate surface area is 81.8 Å². The number of hydrogen-bond donors (Lipinski definition) is 2. The summed E-state index contributed by atoms with van der Waals surface area (Å²) in [6.07, 6.45) is 0. The van der Waals surface area contributed by atoms with E-state index in [1.165, 1.54) is 0 Å². The summed E-state index contributed by atoms with van der Waals surface area (Å²) in [5.74, 6) is -3.85. The zero-order valence-electron chi connectivity index (χ0n) is 8.39. The topological polar surface area (TPSA) is 82.4 Å². The molecule has 0 radical (unpaired) electrons. The molecule has 0 fully saturated rings. The van der Waals surface area contributed by atoms with Gasteiger partial charge in [-0.15, -0.1) is 5.10 Å². The van der Waals surface area contributed by atoms with Crippen LogP contribution in [0.5, 0.6) is 0 Å². The van der Waals surface area contributed by atoms with E-state index in [1.54, 1.807) is 20.8 Å². The fourth-order valence-corrected chi connectivity index (χ4v) is 1.08. The Morgan fingerprint density at radius 2 is 2.14 bits per heavy atom. The smallest absolute Gasteiger partial charge is 0.327 e. The highest BCUT2D eigenvalue weighted by atomic mass is 16.6. The van der Waals surface area contributed by atoms with Gasteiger partial charge in [-0.25, -0.2) is 5.01 Å². The first-order valence-corrected chi connectivity index (χ1v) is 4.41. The van der Waals surface area contributed by atoms with Gasteiger partial charge in [-0.1, -0.05) is 0 Å². The van der Waals surface area contributed by atoms with Gasteiger partial charge in [-0.2, -0.15) is 0 Å². The molecule has 1 amide bonds. The van der Waals surface area contributed by atoms with Crippen molar-refractivity contribution in [1.82, 2.24) is 5.01 Å². The molecule has 6 nitrogen and oxygen atoms in total. The van der Waals surface area contributed by atoms with Crippen molar-refractivity contribution in [3.8, 4) is 0 Å². The van der Waals surface area contributed by atoms with Crippen molar-refractivity contribution in [2.45, 2.75) is 32.6 Å². The molecule has 0 saturated carbocycles. The number of carbonyl (C=O) groups is 1. The molecule has 0 spiro atoms. The van der Waals surface area contributed by atoms with Crippen LogP contribution in [-0.2, 0) is 9.53 Å². The van der Waals surface area contributed by atoms with Crippen LogP contribution in [0.2, 0.25) is 0 Å². The molecule has 80 valence electrons. The molecule has 0 aromatic rings. The van der Waals surface area contributed by atoms with Crippen molar-refractivity contribution in [2.24, 2.45) is 5.10 Å². The highest BCUT2D eigenvalue weighted by Crippen LogP contribution is 2.20. The molecule has 14 heavy (non-hydrogen) atoms. The number of hydrogen-bond acceptors (Lipinski definition) is 5. The van der Waals surface area contributed by atoms with Crippen molar-refractivity contribution in [2.75, 3.05) is 6.61 Å². The maximum absolute atomic E-state index is 11.4. The van der Waals surface area contributed by atoms with Gasteiger partial charge in [0.05, 0.1) is 12.6 Å². The van der Waals surface area contributed by atoms with Gasteiger partial charge in [0.15, 0.2) is 0 Å². The van der Waals surface area contributed by atoms with Crippen LogP contribution in [0.1, 0.15) is 20.8 Å². The van der Waals surface area contributed by atoms with E-state index >= 15 is 0 Å². The SMILES string of the molecule is CCOC1=NN(C(C)C)C(=O)C1(O)O. The fraction of sp³-hybridized carbons (Fsp3) is 0.750. The summed E-state index contributed by atoms with van der Waals surface area (Å²) in [4.78, 5) is 11.4. The van der Waals surface area contributed by atoms with Gasteiger partial charge in [0.2, 0.25) is 0 Å². The average Bonchev–Trinajstić information content (AvgIpc) is 2.29. The van der Waals surface area contributed by atoms with Crippen LogP contribution in [0.25, 0.3) is 0 Å². The minimum Gasteiger partial charge on any atom is -0.476 e. The molecule has 1 heterocycles. The normalized spacial score (nSPS) is 20.3. The van der Waals surface area contributed by atoms with Gasteiger partial charge in [0, 0.05) is 0 Å². The highest BCUT2D eigenvalue weighted by molar-refractivity contribution is 6.09. The zero-order chi connectivity index (χ0) is 10.9. The van der Waals surface area contributed by atoms with E-state index in [1.807, 2.05) is 0 Å². The minimum absolute atomic E-state index is 0.223. The molecular weight excluding hydrogens is 188 g/mol. The molecule has 0 aromatic carbocycles. The van der Waals surface area contributed by atoms with Crippen LogP contribution in [0.3, 0.4) is 0 Å². The number of carbonyl (C=O) groups excluding carboxylic acids is 1. The van der Waals surface area contributed by atoms with Crippen LogP contribution in [0.15, 0.2) is 5.10 Å². The van der Waals surface area contributed by atoms with E-state index < -0.39 is 11.7 Å². The third kappa shape index (κ3) is 1.58. The predicted octanol–water partition coefficient (Wildman–Crippen LogP) is -0.732. The molecule has 6 heteroatoms. The van der Waals surface area contributed by atoms with Crippen LogP contribution in [0, 0.1) is 0 Å². The van der Waals surface area contributed by atoms with Gasteiger partial charge in [0.25, 0.3) is 5.90 Å². The number of hydrazone groups is 1. The number of nitrogens with zero attached hydrogens (tertiary/aromatic N) is 2. The van der Waals surface area contributed by atoms with Crippen molar-refractivity contribution >= 4 is 11.8 Å². The Morgan fingerprint density at radius 1 is 1.57 bits per heavy atom. The molecule has 0 aliphatic carbocycles. The standard InChI is InChI=1S/C8H14N2O4/c1-4-14-6-8(12,13)7(11)10(9-6)5(2)3/h5,12-13H,4H2,1-3H3. The third-order valence-electron chi connectivity index (χ3n) is 1.77. The lowest BCUT2D eigenvalue weighted by molar-refractivity contribution is -0.172. The second kappa shape index (κ2) is 3.55. The fourth-order valence-electron chi connectivity index (χ4n) is 1.08. The van der Waals surface area contributed by atoms with E-state index in [2.05, 4.69) is 5.10 Å². The van der Waals surface area contributed by atoms with Crippen LogP contribution in [-0.4, -0.2) is 45.5 Å². The van der Waals surface area contributed by atoms with Crippen LogP contribution >= 0.6 is 0 Å². The number of rotatable bonds is 2. The van der Waals surface area contributed by atoms with Crippen molar-refractivity contribution < 1.29 is 19.7 Å². The molecule has 1 aliphatic rings. The Balaban J connectivity index is 2.93. The molecule has 0 bridgehead atoms. The third-order valence-corrected chi connectivity index (χ3v) is 1.77. The maximum atomic E-state index is 11.4. The van der Waals surface area contributed by atoms with E-state index in [9.17, 15) is 15.0 Å². The van der Waals surface area contributed by atoms with E-state index in [0.29, 0.717) is 0 Å². The van der Waals surface area contributed by atoms with Crippen LogP contribution < -0.4 is 0 Å². The molecule has 0 atom stereocenters. The largest absolute Gasteiger partial charge is 0.476 e. The summed E-state index contributed by atoms with van der Waals surface area (Å²) < 4.78 is 4.86. The summed E-state index contributed by atoms with van der Waals surface area (Å²) in [5.41, 5.74) is 0. The first kappa shape index (κ1) is 10.9. The average molecular weight is 202 g/mol. The lowest BCUT2D eigenvalue weighted by Crippen LogP contribution is -2.48. The van der Waals surface area contributed by atoms with Gasteiger partial charge in [0.1, 0.15) is 0 Å². The van der Waals surface area contributed by atoms with Crippen molar-refractivity contribution in [3.63, 3.8) is 0 Å². The van der Waals surface area contributed by atoms with Gasteiger partial charge in [-0.3, -0.25) is 4.79 Å². The Kier molecular flexibility index (Phi) is 2.77. The summed E-state index contributed by atoms with van der Waals surface area (Å²) in [5, 5.41) is 23.4. The predicted molar refractivity (Wildman–Crippen MR) is 48.2 cm³/mol. The molecule has 1 rings (SSSR count). The number of aliphatic hydroxyl groups is 2. The van der Waals surface area contributed by atoms with Gasteiger partial charge in [-0.05, 0) is 20.8 Å². The van der Waals surface area contributed by atoms with Gasteiger partial charge >= 0.3 is 11.7 Å². The molecule has 1 aliphatic heterocycles. The Morgan fingerprint density at radius 3 is 2.50 bits per heavy atom. The molecular formula is C8H14N2O4. The lowest BCUT2D eigenvalue weighted by Gasteiger charge is -2.18. The Hall–Kier alpha value is -1.14. The molecule has 0 saturated heterocycles. The zero-order valence-corrected chi connectivity index (χ0v) is 8.39. The van der Waals surface area contributed by atoms with Crippen molar-refractivity contribution in [1.29, 1.82) is 0 Å². The number of ether oxygens (including phenoxy) is 1. The number of amides is 1. The second-order valence-corrected chi connectivity index (χ2v) is 3.25. The summed E-state index contributed by atoms with van der Waals surface area (Å²) in [6.45, 7) is 5.32. The minimum atomic E-state index is -2.61. The van der Waals surface area contributed by atoms with Crippen LogP contribution in [0.4, 0.5) is 0 Å². The highest BCUT2D eigenvalue weighted by Gasteiger charge is 2.51. The van der Waals surface area contributed by atoms with Crippen molar-refractivity contribution in [3.05, 3.63) is 0 Å². The van der Waals surface area contributed by atoms with Gasteiger partial charge < -0.3 is 14.9 Å². The Bertz CT molecular complexity index is 273. The lowest BCUT2D eigenvalue weighted by atomic mass is 10.2. The monoisotopic (exact) mass is 202 g/mol. The molecule has 2 N–H and O–H groups in total. The van der Waals surface area contributed by atoms with E-state index in [4.69, 9.17) is 4.74 Å². The summed E-state index contributed by atoms with van der Waals surface area (Å²) >= 11 is 0. The molecule has 0 aromatic heterocycles. The quantitative estimate of drug-likeness (QED) is 0.578. The molecule has 0 unspecified atom stereocenters. The van der Waals surface area contributed by atoms with E-state index in [-0.39, 0.29) is 18.5 Å².